The Labute approximate surface area is 92.8 Å². The second kappa shape index (κ2) is 3.43. The lowest BCUT2D eigenvalue weighted by atomic mass is 9.94. The van der Waals surface area contributed by atoms with E-state index in [4.69, 9.17) is 5.73 Å². The Kier molecular flexibility index (Phi) is 2.08. The van der Waals surface area contributed by atoms with E-state index in [2.05, 4.69) is 29.2 Å². The van der Waals surface area contributed by atoms with Gasteiger partial charge in [-0.2, -0.15) is 0 Å². The van der Waals surface area contributed by atoms with Crippen LogP contribution in [0.5, 0.6) is 0 Å². The van der Waals surface area contributed by atoms with Crippen molar-refractivity contribution in [1.29, 1.82) is 0 Å². The molecule has 1 aliphatic carbocycles. The first-order chi connectivity index (χ1) is 7.38. The van der Waals surface area contributed by atoms with E-state index < -0.39 is 0 Å². The third-order valence-corrected chi connectivity index (χ3v) is 3.95. The summed E-state index contributed by atoms with van der Waals surface area (Å²) in [5.74, 6) is 0. The van der Waals surface area contributed by atoms with Crippen molar-refractivity contribution in [3.8, 4) is 11.3 Å². The van der Waals surface area contributed by atoms with Crippen molar-refractivity contribution in [1.82, 2.24) is 4.98 Å². The van der Waals surface area contributed by atoms with E-state index in [1.54, 1.807) is 11.3 Å². The Hall–Kier alpha value is -1.19. The van der Waals surface area contributed by atoms with Crippen molar-refractivity contribution < 1.29 is 0 Å². The van der Waals surface area contributed by atoms with Crippen LogP contribution in [-0.2, 0) is 19.4 Å². The first-order valence-corrected chi connectivity index (χ1v) is 5.97. The van der Waals surface area contributed by atoms with Crippen LogP contribution >= 0.6 is 11.3 Å². The number of fused-ring (bicyclic) bond motifs is 3. The van der Waals surface area contributed by atoms with Gasteiger partial charge in [-0.1, -0.05) is 24.3 Å². The summed E-state index contributed by atoms with van der Waals surface area (Å²) in [6.07, 6.45) is 2.25. The topological polar surface area (TPSA) is 38.9 Å². The molecule has 2 N–H and O–H groups in total. The zero-order valence-electron chi connectivity index (χ0n) is 8.36. The van der Waals surface area contributed by atoms with Crippen LogP contribution < -0.4 is 5.73 Å². The molecule has 1 heterocycles. The van der Waals surface area contributed by atoms with Crippen molar-refractivity contribution in [3.63, 3.8) is 0 Å². The van der Waals surface area contributed by atoms with Gasteiger partial charge in [-0.25, -0.2) is 4.98 Å². The predicted molar refractivity (Wildman–Crippen MR) is 62.8 cm³/mol. The number of hydrogen-bond acceptors (Lipinski definition) is 3. The molecule has 15 heavy (non-hydrogen) atoms. The van der Waals surface area contributed by atoms with Crippen molar-refractivity contribution in [3.05, 3.63) is 39.7 Å². The number of thiazole rings is 1. The van der Waals surface area contributed by atoms with Gasteiger partial charge in [-0.3, -0.25) is 0 Å². The molecule has 1 aliphatic rings. The van der Waals surface area contributed by atoms with Gasteiger partial charge in [0.1, 0.15) is 5.01 Å². The van der Waals surface area contributed by atoms with E-state index in [0.29, 0.717) is 6.54 Å². The Bertz CT molecular complexity index is 502. The average Bonchev–Trinajstić information content (AvgIpc) is 2.72. The van der Waals surface area contributed by atoms with Gasteiger partial charge in [0.15, 0.2) is 0 Å². The van der Waals surface area contributed by atoms with Crippen molar-refractivity contribution in [2.45, 2.75) is 19.4 Å². The van der Waals surface area contributed by atoms with Crippen LogP contribution in [0.25, 0.3) is 11.3 Å². The fourth-order valence-electron chi connectivity index (χ4n) is 2.09. The van der Waals surface area contributed by atoms with Crippen LogP contribution in [0.3, 0.4) is 0 Å². The summed E-state index contributed by atoms with van der Waals surface area (Å²) in [6.45, 7) is 0.555. The molecular formula is C12H12N2S. The molecule has 1 aromatic heterocycles. The van der Waals surface area contributed by atoms with Gasteiger partial charge < -0.3 is 5.73 Å². The van der Waals surface area contributed by atoms with Crippen LogP contribution in [0.1, 0.15) is 15.4 Å². The molecule has 76 valence electrons. The van der Waals surface area contributed by atoms with Gasteiger partial charge in [0.25, 0.3) is 0 Å². The summed E-state index contributed by atoms with van der Waals surface area (Å²) >= 11 is 1.76. The lowest BCUT2D eigenvalue weighted by Crippen LogP contribution is -2.01. The second-order valence-electron chi connectivity index (χ2n) is 3.74. The van der Waals surface area contributed by atoms with Crippen molar-refractivity contribution >= 4 is 11.3 Å². The monoisotopic (exact) mass is 216 g/mol. The third-order valence-electron chi connectivity index (χ3n) is 2.81. The number of aromatic nitrogens is 1. The summed E-state index contributed by atoms with van der Waals surface area (Å²) in [4.78, 5) is 6.00. The molecule has 0 saturated heterocycles. The maximum Gasteiger partial charge on any atom is 0.107 e. The van der Waals surface area contributed by atoms with Crippen LogP contribution in [0.15, 0.2) is 24.3 Å². The minimum Gasteiger partial charge on any atom is -0.325 e. The Morgan fingerprint density at radius 2 is 2.13 bits per heavy atom. The first kappa shape index (κ1) is 9.07. The first-order valence-electron chi connectivity index (χ1n) is 5.15. The molecule has 0 amide bonds. The molecule has 0 bridgehead atoms. The number of aryl methyl sites for hydroxylation is 2. The van der Waals surface area contributed by atoms with Crippen LogP contribution in [-0.4, -0.2) is 4.98 Å². The summed E-state index contributed by atoms with van der Waals surface area (Å²) < 4.78 is 0. The predicted octanol–water partition coefficient (Wildman–Crippen LogP) is 2.37. The van der Waals surface area contributed by atoms with E-state index >= 15 is 0 Å². The van der Waals surface area contributed by atoms with Gasteiger partial charge in [-0.05, 0) is 18.4 Å². The number of rotatable bonds is 1. The molecule has 0 radical (unpaired) electrons. The highest BCUT2D eigenvalue weighted by Gasteiger charge is 2.19. The zero-order chi connectivity index (χ0) is 10.3. The van der Waals surface area contributed by atoms with E-state index in [1.807, 2.05) is 0 Å². The molecule has 2 aromatic rings. The van der Waals surface area contributed by atoms with Gasteiger partial charge in [0, 0.05) is 17.0 Å². The number of nitrogens with zero attached hydrogens (tertiary/aromatic N) is 1. The maximum atomic E-state index is 5.63. The summed E-state index contributed by atoms with van der Waals surface area (Å²) in [5.41, 5.74) is 9.51. The summed E-state index contributed by atoms with van der Waals surface area (Å²) in [6, 6.07) is 8.53. The molecule has 1 aromatic carbocycles. The molecule has 2 nitrogen and oxygen atoms in total. The molecule has 0 atom stereocenters. The molecule has 0 saturated carbocycles. The molecule has 0 aliphatic heterocycles. The van der Waals surface area contributed by atoms with E-state index in [0.717, 1.165) is 17.8 Å². The fraction of sp³-hybridized carbons (Fsp3) is 0.250. The molecule has 3 heteroatoms. The standard InChI is InChI=1S/C12H12N2S/c13-7-11-14-12-9-4-2-1-3-8(9)5-6-10(12)15-11/h1-4H,5-7,13H2. The van der Waals surface area contributed by atoms with Gasteiger partial charge >= 0.3 is 0 Å². The Morgan fingerprint density at radius 3 is 3.00 bits per heavy atom. The van der Waals surface area contributed by atoms with Crippen LogP contribution in [0.2, 0.25) is 0 Å². The minimum absolute atomic E-state index is 0.555. The van der Waals surface area contributed by atoms with E-state index in [1.165, 1.54) is 21.7 Å². The Morgan fingerprint density at radius 1 is 1.27 bits per heavy atom. The lowest BCUT2D eigenvalue weighted by Gasteiger charge is -2.13. The van der Waals surface area contributed by atoms with Crippen molar-refractivity contribution in [2.24, 2.45) is 5.73 Å². The zero-order valence-corrected chi connectivity index (χ0v) is 9.18. The smallest absolute Gasteiger partial charge is 0.107 e. The quantitative estimate of drug-likeness (QED) is 0.794. The normalized spacial score (nSPS) is 13.4. The largest absolute Gasteiger partial charge is 0.325 e. The highest BCUT2D eigenvalue weighted by atomic mass is 32.1. The lowest BCUT2D eigenvalue weighted by molar-refractivity contribution is 0.951. The molecule has 3 rings (SSSR count). The maximum absolute atomic E-state index is 5.63. The van der Waals surface area contributed by atoms with Gasteiger partial charge in [-0.15, -0.1) is 11.3 Å². The van der Waals surface area contributed by atoms with Gasteiger partial charge in [0.05, 0.1) is 5.69 Å². The average molecular weight is 216 g/mol. The molecular weight excluding hydrogens is 204 g/mol. The van der Waals surface area contributed by atoms with Gasteiger partial charge in [0.2, 0.25) is 0 Å². The SMILES string of the molecule is NCc1nc2c(s1)CCc1ccccc1-2. The summed E-state index contributed by atoms with van der Waals surface area (Å²) in [7, 11) is 0. The van der Waals surface area contributed by atoms with E-state index in [-0.39, 0.29) is 0 Å². The van der Waals surface area contributed by atoms with E-state index in [9.17, 15) is 0 Å². The molecule has 0 spiro atoms. The number of benzene rings is 1. The van der Waals surface area contributed by atoms with Crippen LogP contribution in [0.4, 0.5) is 0 Å². The highest BCUT2D eigenvalue weighted by molar-refractivity contribution is 7.12. The third kappa shape index (κ3) is 1.39. The molecule has 0 fully saturated rings. The number of hydrogen-bond donors (Lipinski definition) is 1. The fourth-order valence-corrected chi connectivity index (χ4v) is 3.05. The molecule has 0 unspecified atom stereocenters. The van der Waals surface area contributed by atoms with Crippen molar-refractivity contribution in [2.75, 3.05) is 0 Å². The van der Waals surface area contributed by atoms with Crippen LogP contribution in [0, 0.1) is 0 Å². The Balaban J connectivity index is 2.20. The second-order valence-corrected chi connectivity index (χ2v) is 4.91. The number of nitrogens with two attached hydrogens (primary N) is 1. The highest BCUT2D eigenvalue weighted by Crippen LogP contribution is 2.35. The summed E-state index contributed by atoms with van der Waals surface area (Å²) in [5, 5.41) is 1.05. The minimum atomic E-state index is 0.555.